The summed E-state index contributed by atoms with van der Waals surface area (Å²) in [5.41, 5.74) is 1.36. The van der Waals surface area contributed by atoms with Crippen molar-refractivity contribution in [2.75, 3.05) is 47.9 Å². The summed E-state index contributed by atoms with van der Waals surface area (Å²) in [6.45, 7) is 9.88. The Hall–Kier alpha value is -1.43. The van der Waals surface area contributed by atoms with Gasteiger partial charge in [-0.2, -0.15) is 0 Å². The molecule has 0 radical (unpaired) electrons. The van der Waals surface area contributed by atoms with Crippen LogP contribution in [0.4, 0.5) is 0 Å². The molecule has 5 rings (SSSR count). The highest BCUT2D eigenvalue weighted by Crippen LogP contribution is 2.65. The zero-order valence-electron chi connectivity index (χ0n) is 21.3. The molecule has 0 N–H and O–H groups in total. The van der Waals surface area contributed by atoms with Gasteiger partial charge in [0, 0.05) is 37.3 Å². The molecule has 3 saturated carbocycles. The number of hydrogen-bond acceptors (Lipinski definition) is 5. The van der Waals surface area contributed by atoms with Crippen LogP contribution in [0, 0.1) is 17.3 Å². The molecule has 5 heteroatoms. The van der Waals surface area contributed by atoms with E-state index in [-0.39, 0.29) is 23.0 Å². The molecule has 1 aromatic carbocycles. The van der Waals surface area contributed by atoms with Gasteiger partial charge in [0.25, 0.3) is 0 Å². The third-order valence-electron chi connectivity index (χ3n) is 7.88. The summed E-state index contributed by atoms with van der Waals surface area (Å²) in [4.78, 5) is 16.9. The predicted octanol–water partition coefficient (Wildman–Crippen LogP) is 4.59. The first-order valence-electron chi connectivity index (χ1n) is 12.2. The van der Waals surface area contributed by atoms with Gasteiger partial charge in [-0.25, -0.2) is 0 Å². The molecule has 1 heterocycles. The van der Waals surface area contributed by atoms with Crippen LogP contribution >= 0.6 is 0 Å². The maximum absolute atomic E-state index is 12.5. The lowest BCUT2D eigenvalue weighted by atomic mass is 9.39. The molecule has 0 spiro atoms. The summed E-state index contributed by atoms with van der Waals surface area (Å²) in [5, 5.41) is 0. The molecule has 32 heavy (non-hydrogen) atoms. The van der Waals surface area contributed by atoms with Crippen molar-refractivity contribution in [1.29, 1.82) is 0 Å². The highest BCUT2D eigenvalue weighted by molar-refractivity contribution is 5.86. The molecular formula is C27H44N2O3. The molecule has 0 aromatic heterocycles. The van der Waals surface area contributed by atoms with Crippen LogP contribution in [0.5, 0.6) is 5.75 Å². The molecule has 1 saturated heterocycles. The third kappa shape index (κ3) is 5.55. The fourth-order valence-electron chi connectivity index (χ4n) is 5.73. The van der Waals surface area contributed by atoms with E-state index in [0.717, 1.165) is 44.7 Å². The average molecular weight is 445 g/mol. The first kappa shape index (κ1) is 25.2. The van der Waals surface area contributed by atoms with Gasteiger partial charge in [-0.05, 0) is 76.5 Å². The number of nitrogens with zero attached hydrogens (tertiary/aromatic N) is 2. The Balaban J connectivity index is 0.000000312. The number of fused-ring (bicyclic) bond motifs is 2. The third-order valence-corrected chi connectivity index (χ3v) is 7.88. The zero-order chi connectivity index (χ0) is 23.5. The first-order chi connectivity index (χ1) is 15.0. The van der Waals surface area contributed by atoms with Crippen LogP contribution in [0.3, 0.4) is 0 Å². The van der Waals surface area contributed by atoms with E-state index in [9.17, 15) is 4.79 Å². The van der Waals surface area contributed by atoms with E-state index in [1.807, 2.05) is 12.1 Å². The fourth-order valence-corrected chi connectivity index (χ4v) is 5.73. The number of rotatable bonds is 6. The van der Waals surface area contributed by atoms with Crippen molar-refractivity contribution in [3.63, 3.8) is 0 Å². The molecule has 4 atom stereocenters. The average Bonchev–Trinajstić information content (AvgIpc) is 2.73. The molecule has 0 amide bonds. The topological polar surface area (TPSA) is 42.0 Å². The maximum atomic E-state index is 12.5. The summed E-state index contributed by atoms with van der Waals surface area (Å²) in [7, 11) is 8.35. The number of likely N-dealkylation sites (N-methyl/N-ethyl adjacent to an activating group) is 2. The molecule has 4 aliphatic rings. The second-order valence-electron chi connectivity index (χ2n) is 11.3. The minimum atomic E-state index is -0.109. The van der Waals surface area contributed by atoms with E-state index in [4.69, 9.17) is 9.47 Å². The summed E-state index contributed by atoms with van der Waals surface area (Å²) in [6.07, 6.45) is 4.88. The zero-order valence-corrected chi connectivity index (χ0v) is 21.3. The minimum Gasteiger partial charge on any atom is -0.465 e. The van der Waals surface area contributed by atoms with Gasteiger partial charge in [-0.15, -0.1) is 0 Å². The number of ketones is 1. The Morgan fingerprint density at radius 1 is 1.00 bits per heavy atom. The van der Waals surface area contributed by atoms with E-state index in [1.165, 1.54) is 12.0 Å². The quantitative estimate of drug-likeness (QED) is 0.642. The van der Waals surface area contributed by atoms with Gasteiger partial charge in [-0.1, -0.05) is 32.9 Å². The smallest absolute Gasteiger partial charge is 0.199 e. The molecule has 180 valence electrons. The summed E-state index contributed by atoms with van der Waals surface area (Å²) in [5.74, 6) is 2.17. The Bertz CT molecular complexity index is 745. The largest absolute Gasteiger partial charge is 0.465 e. The number of benzene rings is 1. The summed E-state index contributed by atoms with van der Waals surface area (Å²) >= 11 is 0. The van der Waals surface area contributed by atoms with Crippen molar-refractivity contribution in [2.45, 2.75) is 64.6 Å². The summed E-state index contributed by atoms with van der Waals surface area (Å²) in [6, 6.07) is 8.39. The van der Waals surface area contributed by atoms with Crippen LogP contribution in [0.2, 0.25) is 0 Å². The van der Waals surface area contributed by atoms with E-state index < -0.39 is 0 Å². The van der Waals surface area contributed by atoms with Crippen molar-refractivity contribution in [2.24, 2.45) is 17.3 Å². The highest BCUT2D eigenvalue weighted by atomic mass is 16.7. The Labute approximate surface area is 195 Å². The van der Waals surface area contributed by atoms with E-state index in [0.29, 0.717) is 18.1 Å². The number of carbonyl (C=O) groups excluding carboxylic acids is 1. The SMILES string of the molecule is CC1(c2ccc(OC3CCCCO3)cc2)CC(=O)C2CC1C2(C)C.CN(C)CCN(C)C. The van der Waals surface area contributed by atoms with Gasteiger partial charge in [0.05, 0.1) is 6.61 Å². The highest BCUT2D eigenvalue weighted by Gasteiger charge is 2.63. The fraction of sp³-hybridized carbons (Fsp3) is 0.741. The van der Waals surface area contributed by atoms with Crippen molar-refractivity contribution >= 4 is 5.78 Å². The lowest BCUT2D eigenvalue weighted by Crippen LogP contribution is -2.62. The molecule has 1 aliphatic heterocycles. The number of ether oxygens (including phenoxy) is 2. The van der Waals surface area contributed by atoms with E-state index in [2.05, 4.69) is 70.9 Å². The van der Waals surface area contributed by atoms with Crippen molar-refractivity contribution in [1.82, 2.24) is 9.80 Å². The van der Waals surface area contributed by atoms with Gasteiger partial charge in [0.1, 0.15) is 11.5 Å². The number of carbonyl (C=O) groups is 1. The van der Waals surface area contributed by atoms with Crippen molar-refractivity contribution < 1.29 is 14.3 Å². The predicted molar refractivity (Wildman–Crippen MR) is 130 cm³/mol. The normalized spacial score (nSPS) is 31.0. The van der Waals surface area contributed by atoms with Crippen LogP contribution in [0.15, 0.2) is 24.3 Å². The van der Waals surface area contributed by atoms with Gasteiger partial charge in [-0.3, -0.25) is 4.79 Å². The summed E-state index contributed by atoms with van der Waals surface area (Å²) < 4.78 is 11.6. The first-order valence-corrected chi connectivity index (χ1v) is 12.2. The maximum Gasteiger partial charge on any atom is 0.199 e. The number of hydrogen-bond donors (Lipinski definition) is 0. The lowest BCUT2D eigenvalue weighted by molar-refractivity contribution is -0.161. The monoisotopic (exact) mass is 444 g/mol. The second kappa shape index (κ2) is 10.2. The van der Waals surface area contributed by atoms with Crippen LogP contribution in [-0.2, 0) is 14.9 Å². The minimum absolute atomic E-state index is 0.0464. The van der Waals surface area contributed by atoms with Crippen LogP contribution in [-0.4, -0.2) is 69.8 Å². The second-order valence-corrected chi connectivity index (χ2v) is 11.3. The molecule has 4 fully saturated rings. The van der Waals surface area contributed by atoms with E-state index >= 15 is 0 Å². The standard InChI is InChI=1S/C21H28O3.C6H16N2/c1-20(2)16-12-18(20)21(3,13-17(16)22)14-7-9-15(10-8-14)24-19-6-4-5-11-23-19;1-7(2)5-6-8(3)4/h7-10,16,18-19H,4-6,11-13H2,1-3H3;5-6H2,1-4H3. The van der Waals surface area contributed by atoms with Crippen molar-refractivity contribution in [3.8, 4) is 5.75 Å². The molecule has 4 unspecified atom stereocenters. The Morgan fingerprint density at radius 3 is 2.09 bits per heavy atom. The van der Waals surface area contributed by atoms with Gasteiger partial charge in [0.2, 0.25) is 0 Å². The molecule has 1 aromatic rings. The van der Waals surface area contributed by atoms with Gasteiger partial charge >= 0.3 is 0 Å². The molecule has 3 aliphatic carbocycles. The number of Topliss-reactive ketones (excluding diaryl/α,β-unsaturated/α-hetero) is 1. The molecular weight excluding hydrogens is 400 g/mol. The molecule has 2 bridgehead atoms. The van der Waals surface area contributed by atoms with Gasteiger partial charge < -0.3 is 19.3 Å². The van der Waals surface area contributed by atoms with Crippen molar-refractivity contribution in [3.05, 3.63) is 29.8 Å². The van der Waals surface area contributed by atoms with Crippen LogP contribution in [0.1, 0.15) is 58.4 Å². The van der Waals surface area contributed by atoms with E-state index in [1.54, 1.807) is 0 Å². The van der Waals surface area contributed by atoms with Crippen LogP contribution < -0.4 is 4.74 Å². The Morgan fingerprint density at radius 2 is 1.62 bits per heavy atom. The molecule has 5 nitrogen and oxygen atoms in total. The lowest BCUT2D eigenvalue weighted by Gasteiger charge is -2.63. The van der Waals surface area contributed by atoms with Crippen LogP contribution in [0.25, 0.3) is 0 Å². The Kier molecular flexibility index (Phi) is 8.06. The van der Waals surface area contributed by atoms with Gasteiger partial charge in [0.15, 0.2) is 6.29 Å².